The fourth-order valence-electron chi connectivity index (χ4n) is 2.87. The summed E-state index contributed by atoms with van der Waals surface area (Å²) in [6.07, 6.45) is -3.81. The molecule has 2 aliphatic rings. The Labute approximate surface area is 170 Å². The molecule has 0 bridgehead atoms. The predicted molar refractivity (Wildman–Crippen MR) is 85.5 cm³/mol. The summed E-state index contributed by atoms with van der Waals surface area (Å²) in [4.78, 5) is 79.3. The van der Waals surface area contributed by atoms with Crippen LogP contribution in [0.4, 0.5) is 9.59 Å². The van der Waals surface area contributed by atoms with Gasteiger partial charge in [0.05, 0.1) is 0 Å². The Morgan fingerprint density at radius 3 is 1.00 bits per heavy atom. The molecule has 2 saturated heterocycles. The molecule has 174 valence electrons. The van der Waals surface area contributed by atoms with Gasteiger partial charge in [0.25, 0.3) is 0 Å². The van der Waals surface area contributed by atoms with Gasteiger partial charge in [-0.05, 0) is 0 Å². The summed E-state index contributed by atoms with van der Waals surface area (Å²) < 4.78 is 0. The van der Waals surface area contributed by atoms with Crippen molar-refractivity contribution < 1.29 is 39.1 Å². The fraction of sp³-hybridized carbons (Fsp3) is 0.750. The van der Waals surface area contributed by atoms with E-state index in [-0.39, 0.29) is 9.80 Å². The van der Waals surface area contributed by atoms with Crippen molar-refractivity contribution in [3.63, 3.8) is 0 Å². The first-order valence-electron chi connectivity index (χ1n) is 7.65. The van der Waals surface area contributed by atoms with E-state index in [1.807, 2.05) is 10.6 Å². The third-order valence-corrected chi connectivity index (χ3v) is 4.55. The molecule has 0 aliphatic carbocycles. The van der Waals surface area contributed by atoms with Crippen LogP contribution >= 0.6 is 0 Å². The Kier molecular flexibility index (Phi) is 5.31. The molecule has 24 heteroatoms. The molecule has 0 aromatic heterocycles. The minimum atomic E-state index is -4.18. The zero-order valence-corrected chi connectivity index (χ0v) is 14.9. The van der Waals surface area contributed by atoms with Crippen molar-refractivity contribution >= 4 is 12.1 Å². The summed E-state index contributed by atoms with van der Waals surface area (Å²) in [6.45, 7) is -3.71. The van der Waals surface area contributed by atoms with E-state index in [4.69, 9.17) is 0 Å². The van der Waals surface area contributed by atoms with Gasteiger partial charge in [-0.1, -0.05) is 0 Å². The van der Waals surface area contributed by atoms with Crippen LogP contribution in [0.3, 0.4) is 0 Å². The van der Waals surface area contributed by atoms with Crippen molar-refractivity contribution in [2.75, 3.05) is 13.1 Å². The van der Waals surface area contributed by atoms with E-state index in [1.165, 1.54) is 0 Å². The largest absolute Gasteiger partial charge is 0.717 e. The number of hydrogen-bond acceptors (Lipinski definition) is 14. The fourth-order valence-corrected chi connectivity index (χ4v) is 2.87. The topological polar surface area (TPSA) is 324 Å². The zero-order chi connectivity index (χ0) is 24.8. The molecule has 0 spiro atoms. The van der Waals surface area contributed by atoms with E-state index in [0.29, 0.717) is 0 Å². The number of nitro groups is 6. The summed E-state index contributed by atoms with van der Waals surface area (Å²) in [5.74, 6) is -8.37. The number of nitrogens with zero attached hydrogens (tertiary/aromatic N) is 8. The van der Waals surface area contributed by atoms with Gasteiger partial charge < -0.3 is 10.6 Å². The van der Waals surface area contributed by atoms with Crippen molar-refractivity contribution in [3.8, 4) is 0 Å². The number of hydrogen-bond donors (Lipinski definition) is 2. The average molecular weight is 468 g/mol. The van der Waals surface area contributed by atoms with Crippen LogP contribution in [0.1, 0.15) is 0 Å². The van der Waals surface area contributed by atoms with Gasteiger partial charge in [0.15, 0.2) is 29.5 Å². The third-order valence-electron chi connectivity index (χ3n) is 4.55. The lowest BCUT2D eigenvalue weighted by Gasteiger charge is -2.21. The first kappa shape index (κ1) is 23.2. The lowest BCUT2D eigenvalue weighted by atomic mass is 10.3. The molecule has 0 radical (unpaired) electrons. The Morgan fingerprint density at radius 2 is 0.812 bits per heavy atom. The molecule has 2 rings (SSSR count). The molecule has 2 aliphatic heterocycles. The number of nitrogens with one attached hydrogen (secondary N) is 2. The molecule has 32 heavy (non-hydrogen) atoms. The monoisotopic (exact) mass is 468 g/mol. The number of urea groups is 2. The van der Waals surface area contributed by atoms with E-state index >= 15 is 0 Å². The maximum atomic E-state index is 12.1. The van der Waals surface area contributed by atoms with E-state index in [1.54, 1.807) is 0 Å². The lowest BCUT2D eigenvalue weighted by molar-refractivity contribution is -0.968. The lowest BCUT2D eigenvalue weighted by Crippen LogP contribution is -2.62. The smallest absolute Gasteiger partial charge is 0.314 e. The second kappa shape index (κ2) is 7.32. The molecule has 0 aromatic rings. The number of rotatable bonds is 10. The van der Waals surface area contributed by atoms with Crippen LogP contribution in [0.5, 0.6) is 0 Å². The highest BCUT2D eigenvalue weighted by atomic mass is 16.7. The molecule has 0 saturated carbocycles. The first-order valence-corrected chi connectivity index (χ1v) is 7.65. The Hall–Kier alpha value is -5.06. The molecule has 2 atom stereocenters. The predicted octanol–water partition coefficient (Wildman–Crippen LogP) is -3.34. The molecule has 2 unspecified atom stereocenters. The first-order chi connectivity index (χ1) is 14.6. The van der Waals surface area contributed by atoms with Gasteiger partial charge in [-0.15, -0.1) is 0 Å². The molecule has 2 heterocycles. The van der Waals surface area contributed by atoms with E-state index < -0.39 is 78.6 Å². The number of carbonyl (C=O) groups excluding carboxylic acids is 2. The van der Waals surface area contributed by atoms with Crippen LogP contribution in [0.25, 0.3) is 0 Å². The van der Waals surface area contributed by atoms with Crippen molar-refractivity contribution in [1.29, 1.82) is 0 Å². The van der Waals surface area contributed by atoms with Crippen LogP contribution in [0, 0.1) is 60.7 Å². The molecular formula is C8H8N10O14. The van der Waals surface area contributed by atoms with Crippen molar-refractivity contribution in [1.82, 2.24) is 20.4 Å². The molecular weight excluding hydrogens is 460 g/mol. The van der Waals surface area contributed by atoms with E-state index in [2.05, 4.69) is 0 Å². The zero-order valence-electron chi connectivity index (χ0n) is 14.9. The Balaban J connectivity index is 2.44. The minimum absolute atomic E-state index is 0.0587. The maximum absolute atomic E-state index is 12.1. The summed E-state index contributed by atoms with van der Waals surface area (Å²) in [6, 6.07) is -2.98. The van der Waals surface area contributed by atoms with E-state index in [9.17, 15) is 70.3 Å². The van der Waals surface area contributed by atoms with Crippen molar-refractivity contribution in [2.24, 2.45) is 0 Å². The van der Waals surface area contributed by atoms with Crippen LogP contribution in [0.15, 0.2) is 0 Å². The second-order valence-corrected chi connectivity index (χ2v) is 6.14. The van der Waals surface area contributed by atoms with Gasteiger partial charge in [-0.2, -0.15) is 0 Å². The van der Waals surface area contributed by atoms with Gasteiger partial charge in [-0.25, -0.2) is 9.59 Å². The highest BCUT2D eigenvalue weighted by Crippen LogP contribution is 2.27. The number of fused-ring (bicyclic) bond motifs is 1. The summed E-state index contributed by atoms with van der Waals surface area (Å²) in [7, 11) is 0. The highest BCUT2D eigenvalue weighted by Gasteiger charge is 2.76. The summed E-state index contributed by atoms with van der Waals surface area (Å²) in [5, 5.41) is 70.1. The second-order valence-electron chi connectivity index (χ2n) is 6.14. The summed E-state index contributed by atoms with van der Waals surface area (Å²) in [5.41, 5.74) is 0. The van der Waals surface area contributed by atoms with Gasteiger partial charge in [0.2, 0.25) is 13.1 Å². The normalized spacial score (nSPS) is 20.2. The highest BCUT2D eigenvalue weighted by molar-refractivity contribution is 5.85. The average Bonchev–Trinajstić information content (AvgIpc) is 3.09. The van der Waals surface area contributed by atoms with Gasteiger partial charge >= 0.3 is 23.6 Å². The molecule has 24 nitrogen and oxygen atoms in total. The Bertz CT molecular complexity index is 815. The minimum Gasteiger partial charge on any atom is -0.314 e. The van der Waals surface area contributed by atoms with Crippen LogP contribution in [-0.2, 0) is 0 Å². The Morgan fingerprint density at radius 1 is 0.594 bits per heavy atom. The van der Waals surface area contributed by atoms with Crippen molar-refractivity contribution in [2.45, 2.75) is 23.9 Å². The SMILES string of the molecule is O=C1NC2C(NC(=O)N2CC([N+](=O)[O-])([N+](=O)[O-])[N+](=O)[O-])N1CC([N+](=O)[O-])([N+](=O)[O-])[N+](=O)[O-]. The molecule has 0 aromatic carbocycles. The van der Waals surface area contributed by atoms with Gasteiger partial charge in [0, 0.05) is 0 Å². The van der Waals surface area contributed by atoms with Crippen molar-refractivity contribution in [3.05, 3.63) is 60.7 Å². The van der Waals surface area contributed by atoms with Crippen LogP contribution in [-0.4, -0.2) is 88.4 Å². The van der Waals surface area contributed by atoms with Gasteiger partial charge in [-0.3, -0.25) is 70.5 Å². The molecule has 2 N–H and O–H groups in total. The molecule has 4 amide bonds. The number of carbonyl (C=O) groups is 2. The quantitative estimate of drug-likeness (QED) is 0.180. The van der Waals surface area contributed by atoms with Crippen LogP contribution in [0.2, 0.25) is 0 Å². The van der Waals surface area contributed by atoms with E-state index in [0.717, 1.165) is 0 Å². The summed E-state index contributed by atoms with van der Waals surface area (Å²) >= 11 is 0. The maximum Gasteiger partial charge on any atom is 0.717 e. The third kappa shape index (κ3) is 3.01. The number of amides is 4. The van der Waals surface area contributed by atoms with Crippen LogP contribution < -0.4 is 10.6 Å². The van der Waals surface area contributed by atoms with Gasteiger partial charge in [0.1, 0.15) is 12.3 Å². The molecule has 2 fully saturated rings. The standard InChI is InChI=1S/C8H8N10O14/c19-5-10-4-3(11(5)1-7(13(21)22,14(23)24)15(25)26)9-6(20)12(4)2-8(16(27)28,17(29)30)18(31)32/h3-4H,1-2H2,(H,9,20)(H,10,19).